The highest BCUT2D eigenvalue weighted by Gasteiger charge is 2.20. The highest BCUT2D eigenvalue weighted by Crippen LogP contribution is 2.15. The maximum atomic E-state index is 12.5. The first-order valence-electron chi connectivity index (χ1n) is 10.4. The molecule has 2 amide bonds. The Hall–Kier alpha value is -2.93. The first-order valence-corrected chi connectivity index (χ1v) is 10.8. The Balaban J connectivity index is 1.48. The van der Waals surface area contributed by atoms with Crippen LogP contribution in [0.4, 0.5) is 5.69 Å². The fourth-order valence-electron chi connectivity index (χ4n) is 3.39. The van der Waals surface area contributed by atoms with Crippen molar-refractivity contribution < 1.29 is 9.59 Å². The van der Waals surface area contributed by atoms with E-state index in [-0.39, 0.29) is 11.8 Å². The van der Waals surface area contributed by atoms with Gasteiger partial charge in [0, 0.05) is 30.8 Å². The first kappa shape index (κ1) is 21.8. The van der Waals surface area contributed by atoms with E-state index >= 15 is 0 Å². The Kier molecular flexibility index (Phi) is 7.79. The number of carbonyl (C=O) groups excluding carboxylic acids is 2. The summed E-state index contributed by atoms with van der Waals surface area (Å²) in [4.78, 5) is 26.1. The molecule has 0 aliphatic carbocycles. The van der Waals surface area contributed by atoms with Gasteiger partial charge in [-0.2, -0.15) is 0 Å². The zero-order chi connectivity index (χ0) is 21.3. The van der Waals surface area contributed by atoms with Gasteiger partial charge in [-0.1, -0.05) is 37.6 Å². The molecular weight excluding hydrogens is 396 g/mol. The van der Waals surface area contributed by atoms with Crippen LogP contribution in [0.15, 0.2) is 48.5 Å². The number of rotatable bonds is 7. The molecule has 1 saturated heterocycles. The van der Waals surface area contributed by atoms with E-state index in [2.05, 4.69) is 35.2 Å². The molecule has 30 heavy (non-hydrogen) atoms. The molecule has 0 bridgehead atoms. The predicted octanol–water partition coefficient (Wildman–Crippen LogP) is 3.78. The van der Waals surface area contributed by atoms with Gasteiger partial charge in [0.25, 0.3) is 5.91 Å². The van der Waals surface area contributed by atoms with Gasteiger partial charge in [0.2, 0.25) is 5.91 Å². The monoisotopic (exact) mass is 424 g/mol. The van der Waals surface area contributed by atoms with Crippen molar-refractivity contribution in [2.45, 2.75) is 45.6 Å². The topological polar surface area (TPSA) is 73.5 Å². The number of thiocarbonyl (C=S) groups is 1. The first-order chi connectivity index (χ1) is 14.5. The summed E-state index contributed by atoms with van der Waals surface area (Å²) >= 11 is 5.26. The van der Waals surface area contributed by atoms with Crippen molar-refractivity contribution in [1.82, 2.24) is 15.8 Å². The van der Waals surface area contributed by atoms with E-state index in [1.807, 2.05) is 29.2 Å². The number of unbranched alkanes of at least 4 members (excludes halogenated alkanes) is 1. The second-order valence-corrected chi connectivity index (χ2v) is 7.86. The lowest BCUT2D eigenvalue weighted by Crippen LogP contribution is -2.43. The largest absolute Gasteiger partial charge is 0.338 e. The zero-order valence-corrected chi connectivity index (χ0v) is 18.1. The second-order valence-electron chi connectivity index (χ2n) is 7.45. The van der Waals surface area contributed by atoms with Gasteiger partial charge in [-0.05, 0) is 66.9 Å². The molecule has 0 spiro atoms. The number of hydrazine groups is 1. The van der Waals surface area contributed by atoms with Gasteiger partial charge in [0.1, 0.15) is 0 Å². The molecule has 0 radical (unpaired) electrons. The van der Waals surface area contributed by atoms with E-state index in [9.17, 15) is 9.59 Å². The standard InChI is InChI=1S/C23H28N4O2S/c1-2-3-6-17-10-12-20(13-11-17)24-23(30)26-25-22(29)19-8-4-7-18(15-19)16-27-14-5-9-21(27)28/h4,7-8,10-13,15H,2-3,5-6,9,14,16H2,1H3,(H,25,29)(H2,24,26,30). The summed E-state index contributed by atoms with van der Waals surface area (Å²) in [5, 5.41) is 3.37. The molecule has 0 saturated carbocycles. The van der Waals surface area contributed by atoms with Crippen molar-refractivity contribution in [1.29, 1.82) is 0 Å². The van der Waals surface area contributed by atoms with Crippen LogP contribution in [0.25, 0.3) is 0 Å². The van der Waals surface area contributed by atoms with Crippen LogP contribution in [0.2, 0.25) is 0 Å². The Labute approximate surface area is 183 Å². The zero-order valence-electron chi connectivity index (χ0n) is 17.2. The number of benzene rings is 2. The van der Waals surface area contributed by atoms with Crippen molar-refractivity contribution in [2.75, 3.05) is 11.9 Å². The SMILES string of the molecule is CCCCc1ccc(NC(=S)NNC(=O)c2cccc(CN3CCCC3=O)c2)cc1. The van der Waals surface area contributed by atoms with E-state index in [0.717, 1.165) is 30.6 Å². The highest BCUT2D eigenvalue weighted by molar-refractivity contribution is 7.80. The molecule has 1 aliphatic rings. The van der Waals surface area contributed by atoms with E-state index in [1.54, 1.807) is 12.1 Å². The van der Waals surface area contributed by atoms with Crippen molar-refractivity contribution in [2.24, 2.45) is 0 Å². The third-order valence-electron chi connectivity index (χ3n) is 5.05. The summed E-state index contributed by atoms with van der Waals surface area (Å²) in [6.07, 6.45) is 4.92. The third kappa shape index (κ3) is 6.29. The molecule has 0 atom stereocenters. The smallest absolute Gasteiger partial charge is 0.269 e. The second kappa shape index (κ2) is 10.7. The molecule has 0 unspecified atom stereocenters. The van der Waals surface area contributed by atoms with Crippen molar-refractivity contribution in [3.63, 3.8) is 0 Å². The number of nitrogens with zero attached hydrogens (tertiary/aromatic N) is 1. The number of nitrogens with one attached hydrogen (secondary N) is 3. The fourth-order valence-corrected chi connectivity index (χ4v) is 3.56. The summed E-state index contributed by atoms with van der Waals surface area (Å²) in [5.74, 6) is -0.120. The summed E-state index contributed by atoms with van der Waals surface area (Å²) < 4.78 is 0. The lowest BCUT2D eigenvalue weighted by molar-refractivity contribution is -0.128. The molecule has 7 heteroatoms. The van der Waals surface area contributed by atoms with Crippen LogP contribution in [0.1, 0.15) is 54.1 Å². The number of hydrogen-bond donors (Lipinski definition) is 3. The molecule has 2 aromatic carbocycles. The number of likely N-dealkylation sites (tertiary alicyclic amines) is 1. The minimum Gasteiger partial charge on any atom is -0.338 e. The van der Waals surface area contributed by atoms with Gasteiger partial charge < -0.3 is 10.2 Å². The van der Waals surface area contributed by atoms with Gasteiger partial charge in [0.15, 0.2) is 5.11 Å². The molecule has 3 rings (SSSR count). The lowest BCUT2D eigenvalue weighted by Gasteiger charge is -2.16. The van der Waals surface area contributed by atoms with Crippen LogP contribution >= 0.6 is 12.2 Å². The molecule has 0 aromatic heterocycles. The highest BCUT2D eigenvalue weighted by atomic mass is 32.1. The molecule has 2 aromatic rings. The van der Waals surface area contributed by atoms with Crippen LogP contribution in [0, 0.1) is 0 Å². The van der Waals surface area contributed by atoms with Crippen LogP contribution < -0.4 is 16.2 Å². The van der Waals surface area contributed by atoms with E-state index in [0.29, 0.717) is 23.6 Å². The molecule has 3 N–H and O–H groups in total. The summed E-state index contributed by atoms with van der Waals surface area (Å²) in [6, 6.07) is 15.4. The number of aryl methyl sites for hydroxylation is 1. The summed E-state index contributed by atoms with van der Waals surface area (Å²) in [7, 11) is 0. The number of amides is 2. The average Bonchev–Trinajstić information content (AvgIpc) is 3.16. The van der Waals surface area contributed by atoms with E-state index < -0.39 is 0 Å². The fraction of sp³-hybridized carbons (Fsp3) is 0.348. The van der Waals surface area contributed by atoms with Gasteiger partial charge in [-0.3, -0.25) is 20.4 Å². The molecule has 1 fully saturated rings. The number of carbonyl (C=O) groups is 2. The Morgan fingerprint density at radius 3 is 2.60 bits per heavy atom. The maximum absolute atomic E-state index is 12.5. The van der Waals surface area contributed by atoms with E-state index in [1.165, 1.54) is 18.4 Å². The van der Waals surface area contributed by atoms with Gasteiger partial charge in [0.05, 0.1) is 0 Å². The van der Waals surface area contributed by atoms with Gasteiger partial charge >= 0.3 is 0 Å². The molecule has 6 nitrogen and oxygen atoms in total. The molecule has 158 valence electrons. The van der Waals surface area contributed by atoms with Crippen molar-refractivity contribution in [3.05, 3.63) is 65.2 Å². The molecule has 1 aliphatic heterocycles. The van der Waals surface area contributed by atoms with Crippen LogP contribution in [0.3, 0.4) is 0 Å². The van der Waals surface area contributed by atoms with E-state index in [4.69, 9.17) is 12.2 Å². The Bertz CT molecular complexity index is 898. The average molecular weight is 425 g/mol. The van der Waals surface area contributed by atoms with Crippen LogP contribution in [0.5, 0.6) is 0 Å². The predicted molar refractivity (Wildman–Crippen MR) is 123 cm³/mol. The Morgan fingerprint density at radius 2 is 1.90 bits per heavy atom. The summed E-state index contributed by atoms with van der Waals surface area (Å²) in [5.41, 5.74) is 8.95. The van der Waals surface area contributed by atoms with Crippen LogP contribution in [-0.2, 0) is 17.8 Å². The third-order valence-corrected chi connectivity index (χ3v) is 5.26. The maximum Gasteiger partial charge on any atom is 0.269 e. The Morgan fingerprint density at radius 1 is 1.10 bits per heavy atom. The van der Waals surface area contributed by atoms with Crippen molar-refractivity contribution in [3.8, 4) is 0 Å². The number of hydrogen-bond acceptors (Lipinski definition) is 3. The lowest BCUT2D eigenvalue weighted by atomic mass is 10.1. The van der Waals surface area contributed by atoms with Gasteiger partial charge in [-0.15, -0.1) is 0 Å². The molecular formula is C23H28N4O2S. The minimum absolute atomic E-state index is 0.168. The normalized spacial score (nSPS) is 13.2. The summed E-state index contributed by atoms with van der Waals surface area (Å²) in [6.45, 7) is 3.48. The van der Waals surface area contributed by atoms with Crippen LogP contribution in [-0.4, -0.2) is 28.4 Å². The molecule has 1 heterocycles. The van der Waals surface area contributed by atoms with Crippen molar-refractivity contribution >= 4 is 34.8 Å². The minimum atomic E-state index is -0.288. The quantitative estimate of drug-likeness (QED) is 0.466. The number of anilines is 1. The van der Waals surface area contributed by atoms with Gasteiger partial charge in [-0.25, -0.2) is 0 Å².